The average molecular weight is 911 g/mol. The molecule has 0 aliphatic heterocycles. The van der Waals surface area contributed by atoms with Crippen molar-refractivity contribution in [2.45, 2.75) is 19.3 Å². The Morgan fingerprint density at radius 3 is 1.66 bits per heavy atom. The van der Waals surface area contributed by atoms with Gasteiger partial charge >= 0.3 is 0 Å². The van der Waals surface area contributed by atoms with Gasteiger partial charge in [-0.15, -0.1) is 0 Å². The van der Waals surface area contributed by atoms with Crippen LogP contribution in [0.3, 0.4) is 0 Å². The Bertz CT molecular complexity index is 4220. The Kier molecular flexibility index (Phi) is 9.21. The van der Waals surface area contributed by atoms with Gasteiger partial charge in [0.05, 0.1) is 5.69 Å². The molecule has 4 nitrogen and oxygen atoms in total. The van der Waals surface area contributed by atoms with Gasteiger partial charge in [0.15, 0.2) is 0 Å². The number of nitrogens with zero attached hydrogens (tertiary/aromatic N) is 2. The Balaban J connectivity index is 0.940. The Labute approximate surface area is 411 Å². The topological polar surface area (TPSA) is 32.8 Å². The standard InChI is InChI=1S/C67H46N2O2/c1-67(2)60-26-14-11-24-53(60)58-39-47(32-35-61(58)67)68(46-20-7-4-8-21-46)48-30-33-55-56-34-31-49(42-66(56)71-65(55)41-48)69(50-37-44-19-9-10-22-51(44)57(40-50)43-17-5-3-6-18-43)62-27-15-12-23-52(62)45-29-36-64-59(38-45)54-25-13-16-28-63(54)70-64/h3-42H,1-2H3. The molecule has 2 aromatic heterocycles. The smallest absolute Gasteiger partial charge is 0.137 e. The zero-order valence-corrected chi connectivity index (χ0v) is 39.3. The van der Waals surface area contributed by atoms with Gasteiger partial charge in [-0.25, -0.2) is 0 Å². The molecule has 0 saturated heterocycles. The molecule has 0 saturated carbocycles. The first-order chi connectivity index (χ1) is 34.9. The van der Waals surface area contributed by atoms with Crippen LogP contribution in [0.5, 0.6) is 0 Å². The van der Waals surface area contributed by atoms with Gasteiger partial charge < -0.3 is 18.6 Å². The third-order valence-corrected chi connectivity index (χ3v) is 14.8. The molecule has 14 rings (SSSR count). The maximum atomic E-state index is 7.02. The van der Waals surface area contributed by atoms with E-state index >= 15 is 0 Å². The first kappa shape index (κ1) is 40.9. The fourth-order valence-corrected chi connectivity index (χ4v) is 11.4. The summed E-state index contributed by atoms with van der Waals surface area (Å²) in [6, 6.07) is 87.4. The lowest BCUT2D eigenvalue weighted by molar-refractivity contribution is 0.660. The highest BCUT2D eigenvalue weighted by atomic mass is 16.3. The normalized spacial score (nSPS) is 12.8. The number of benzene rings is 11. The van der Waals surface area contributed by atoms with E-state index in [1.807, 2.05) is 12.1 Å². The van der Waals surface area contributed by atoms with E-state index in [0.29, 0.717) is 0 Å². The van der Waals surface area contributed by atoms with E-state index in [2.05, 4.69) is 254 Å². The highest BCUT2D eigenvalue weighted by molar-refractivity contribution is 6.10. The minimum absolute atomic E-state index is 0.0753. The van der Waals surface area contributed by atoms with Crippen molar-refractivity contribution >= 4 is 88.8 Å². The maximum Gasteiger partial charge on any atom is 0.137 e. The summed E-state index contributed by atoms with van der Waals surface area (Å²) >= 11 is 0. The molecule has 0 bridgehead atoms. The molecule has 336 valence electrons. The molecule has 0 N–H and O–H groups in total. The molecule has 11 aromatic carbocycles. The number of fused-ring (bicyclic) bond motifs is 10. The Morgan fingerprint density at radius 2 is 0.859 bits per heavy atom. The van der Waals surface area contributed by atoms with Crippen molar-refractivity contribution in [2.75, 3.05) is 9.80 Å². The molecule has 4 heteroatoms. The van der Waals surface area contributed by atoms with Crippen molar-refractivity contribution in [3.05, 3.63) is 254 Å². The highest BCUT2D eigenvalue weighted by Gasteiger charge is 2.35. The third-order valence-electron chi connectivity index (χ3n) is 14.8. The number of hydrogen-bond donors (Lipinski definition) is 0. The summed E-state index contributed by atoms with van der Waals surface area (Å²) in [6.45, 7) is 4.66. The molecule has 0 radical (unpaired) electrons. The van der Waals surface area contributed by atoms with Crippen LogP contribution in [-0.4, -0.2) is 0 Å². The van der Waals surface area contributed by atoms with E-state index in [-0.39, 0.29) is 5.41 Å². The average Bonchev–Trinajstić information content (AvgIpc) is 4.06. The van der Waals surface area contributed by atoms with Gasteiger partial charge in [0, 0.05) is 73.1 Å². The third kappa shape index (κ3) is 6.60. The number of anilines is 6. The molecule has 0 amide bonds. The quantitative estimate of drug-likeness (QED) is 0.152. The molecule has 1 aliphatic carbocycles. The fourth-order valence-electron chi connectivity index (χ4n) is 11.4. The maximum absolute atomic E-state index is 7.02. The van der Waals surface area contributed by atoms with Crippen LogP contribution >= 0.6 is 0 Å². The minimum atomic E-state index is -0.0753. The zero-order chi connectivity index (χ0) is 47.2. The molecule has 0 unspecified atom stereocenters. The predicted octanol–water partition coefficient (Wildman–Crippen LogP) is 19.2. The molecule has 0 fully saturated rings. The molecule has 71 heavy (non-hydrogen) atoms. The molecular weight excluding hydrogens is 865 g/mol. The predicted molar refractivity (Wildman–Crippen MR) is 296 cm³/mol. The van der Waals surface area contributed by atoms with E-state index in [9.17, 15) is 0 Å². The fraction of sp³-hybridized carbons (Fsp3) is 0.0448. The summed E-state index contributed by atoms with van der Waals surface area (Å²) in [4.78, 5) is 4.74. The van der Waals surface area contributed by atoms with Crippen LogP contribution in [-0.2, 0) is 5.41 Å². The van der Waals surface area contributed by atoms with Gasteiger partial charge in [-0.2, -0.15) is 0 Å². The van der Waals surface area contributed by atoms with Crippen LogP contribution in [0.4, 0.5) is 34.1 Å². The summed E-state index contributed by atoms with van der Waals surface area (Å²) in [5.41, 5.74) is 19.4. The van der Waals surface area contributed by atoms with Gasteiger partial charge in [-0.3, -0.25) is 0 Å². The van der Waals surface area contributed by atoms with E-state index in [0.717, 1.165) is 100 Å². The SMILES string of the molecule is CC1(C)c2ccccc2-c2cc(N(c3ccccc3)c3ccc4c(c3)oc3cc(N(c5cc(-c6ccccc6)c6ccccc6c5)c5ccccc5-c5ccc6oc7ccccc7c6c5)ccc34)ccc21. The van der Waals surface area contributed by atoms with E-state index in [1.54, 1.807) is 0 Å². The van der Waals surface area contributed by atoms with Crippen molar-refractivity contribution in [1.82, 2.24) is 0 Å². The van der Waals surface area contributed by atoms with Gasteiger partial charge in [0.1, 0.15) is 22.3 Å². The van der Waals surface area contributed by atoms with Gasteiger partial charge in [0.2, 0.25) is 0 Å². The van der Waals surface area contributed by atoms with Gasteiger partial charge in [-0.05, 0) is 135 Å². The number of para-hydroxylation sites is 3. The van der Waals surface area contributed by atoms with Gasteiger partial charge in [0.25, 0.3) is 0 Å². The van der Waals surface area contributed by atoms with Crippen LogP contribution < -0.4 is 9.80 Å². The summed E-state index contributed by atoms with van der Waals surface area (Å²) in [5, 5.41) is 6.69. The van der Waals surface area contributed by atoms with Crippen LogP contribution in [0, 0.1) is 0 Å². The lowest BCUT2D eigenvalue weighted by atomic mass is 9.82. The Morgan fingerprint density at radius 1 is 0.296 bits per heavy atom. The summed E-state index contributed by atoms with van der Waals surface area (Å²) < 4.78 is 13.3. The van der Waals surface area contributed by atoms with Crippen molar-refractivity contribution < 1.29 is 8.83 Å². The highest BCUT2D eigenvalue weighted by Crippen LogP contribution is 2.51. The number of hydrogen-bond acceptors (Lipinski definition) is 4. The van der Waals surface area contributed by atoms with Crippen LogP contribution in [0.1, 0.15) is 25.0 Å². The largest absolute Gasteiger partial charge is 0.456 e. The van der Waals surface area contributed by atoms with Crippen LogP contribution in [0.2, 0.25) is 0 Å². The molecule has 0 atom stereocenters. The Hall–Kier alpha value is -9.12. The van der Waals surface area contributed by atoms with Crippen molar-refractivity contribution in [3.63, 3.8) is 0 Å². The summed E-state index contributed by atoms with van der Waals surface area (Å²) in [6.07, 6.45) is 0. The van der Waals surface area contributed by atoms with Crippen molar-refractivity contribution in [2.24, 2.45) is 0 Å². The molecule has 0 spiro atoms. The van der Waals surface area contributed by atoms with E-state index < -0.39 is 0 Å². The van der Waals surface area contributed by atoms with Gasteiger partial charge in [-0.1, -0.05) is 159 Å². The summed E-state index contributed by atoms with van der Waals surface area (Å²) in [5.74, 6) is 0. The molecule has 2 heterocycles. The second-order valence-corrected chi connectivity index (χ2v) is 19.3. The minimum Gasteiger partial charge on any atom is -0.456 e. The lowest BCUT2D eigenvalue weighted by Crippen LogP contribution is -2.15. The molecule has 1 aliphatic rings. The lowest BCUT2D eigenvalue weighted by Gasteiger charge is -2.29. The second-order valence-electron chi connectivity index (χ2n) is 19.3. The van der Waals surface area contributed by atoms with E-state index in [1.165, 1.54) is 33.2 Å². The first-order valence-electron chi connectivity index (χ1n) is 24.4. The van der Waals surface area contributed by atoms with Crippen LogP contribution in [0.25, 0.3) is 88.0 Å². The van der Waals surface area contributed by atoms with Crippen molar-refractivity contribution in [1.29, 1.82) is 0 Å². The number of furan rings is 2. The van der Waals surface area contributed by atoms with Crippen molar-refractivity contribution in [3.8, 4) is 33.4 Å². The zero-order valence-electron chi connectivity index (χ0n) is 39.3. The van der Waals surface area contributed by atoms with Crippen LogP contribution in [0.15, 0.2) is 251 Å². The number of rotatable bonds is 8. The first-order valence-corrected chi connectivity index (χ1v) is 24.4. The monoisotopic (exact) mass is 910 g/mol. The second kappa shape index (κ2) is 16.0. The molecular formula is C67H46N2O2. The molecule has 13 aromatic rings. The van der Waals surface area contributed by atoms with E-state index in [4.69, 9.17) is 8.83 Å². The summed E-state index contributed by atoms with van der Waals surface area (Å²) in [7, 11) is 0.